The predicted octanol–water partition coefficient (Wildman–Crippen LogP) is 7.84. The summed E-state index contributed by atoms with van der Waals surface area (Å²) >= 11 is 14.7. The highest BCUT2D eigenvalue weighted by Crippen LogP contribution is 2.42. The van der Waals surface area contributed by atoms with Crippen LogP contribution < -0.4 is 4.74 Å². The van der Waals surface area contributed by atoms with Gasteiger partial charge in [0, 0.05) is 26.6 Å². The summed E-state index contributed by atoms with van der Waals surface area (Å²) < 4.78 is 13.3. The topological polar surface area (TPSA) is 38.8 Å². The molecule has 0 N–H and O–H groups in total. The summed E-state index contributed by atoms with van der Waals surface area (Å²) in [7, 11) is 1.64. The molecule has 0 spiro atoms. The third-order valence-corrected chi connectivity index (χ3v) is 8.04. The molecule has 4 aromatic rings. The summed E-state index contributed by atoms with van der Waals surface area (Å²) in [4.78, 5) is 16.4. The van der Waals surface area contributed by atoms with Crippen molar-refractivity contribution in [1.82, 2.24) is 4.90 Å². The van der Waals surface area contributed by atoms with Gasteiger partial charge in [0.05, 0.1) is 13.7 Å². The van der Waals surface area contributed by atoms with Crippen molar-refractivity contribution in [3.8, 4) is 5.75 Å². The number of methoxy groups -OCH3 is 1. The van der Waals surface area contributed by atoms with Crippen molar-refractivity contribution in [3.05, 3.63) is 133 Å². The number of hydrogen-bond acceptors (Lipinski definition) is 3. The maximum atomic E-state index is 14.5. The van der Waals surface area contributed by atoms with Crippen molar-refractivity contribution in [2.45, 2.75) is 24.7 Å². The van der Waals surface area contributed by atoms with E-state index in [1.165, 1.54) is 0 Å². The smallest absolute Gasteiger partial charge is 0.260 e. The Morgan fingerprint density at radius 2 is 1.45 bits per heavy atom. The first-order valence-electron chi connectivity index (χ1n) is 12.2. The van der Waals surface area contributed by atoms with Gasteiger partial charge in [0.25, 0.3) is 5.91 Å². The van der Waals surface area contributed by atoms with Gasteiger partial charge in [-0.3, -0.25) is 4.79 Å². The van der Waals surface area contributed by atoms with Gasteiger partial charge in [-0.15, -0.1) is 0 Å². The maximum Gasteiger partial charge on any atom is 0.260 e. The van der Waals surface area contributed by atoms with E-state index < -0.39 is 5.60 Å². The lowest BCUT2D eigenvalue weighted by Gasteiger charge is -2.46. The van der Waals surface area contributed by atoms with Gasteiger partial charge >= 0.3 is 0 Å². The van der Waals surface area contributed by atoms with Crippen LogP contribution in [0.15, 0.2) is 97.1 Å². The molecule has 0 aromatic heterocycles. The average molecular weight is 658 g/mol. The Morgan fingerprint density at radius 1 is 0.868 bits per heavy atom. The minimum atomic E-state index is -1.24. The first-order chi connectivity index (χ1) is 18.4. The van der Waals surface area contributed by atoms with Crippen molar-refractivity contribution in [3.63, 3.8) is 0 Å². The summed E-state index contributed by atoms with van der Waals surface area (Å²) in [6.07, 6.45) is 0.0240. The van der Waals surface area contributed by atoms with E-state index in [1.54, 1.807) is 7.11 Å². The second-order valence-corrected chi connectivity index (χ2v) is 11.4. The van der Waals surface area contributed by atoms with E-state index in [4.69, 9.17) is 32.7 Å². The van der Waals surface area contributed by atoms with Gasteiger partial charge in [0.2, 0.25) is 0 Å². The molecule has 38 heavy (non-hydrogen) atoms. The van der Waals surface area contributed by atoms with Crippen molar-refractivity contribution in [2.75, 3.05) is 13.7 Å². The van der Waals surface area contributed by atoms with E-state index in [0.717, 1.165) is 31.6 Å². The number of carbonyl (C=O) groups excluding carboxylic acids is 1. The van der Waals surface area contributed by atoms with E-state index in [0.29, 0.717) is 29.6 Å². The zero-order chi connectivity index (χ0) is 26.7. The number of benzene rings is 4. The van der Waals surface area contributed by atoms with Crippen LogP contribution in [0.25, 0.3) is 0 Å². The highest BCUT2D eigenvalue weighted by atomic mass is 127. The van der Waals surface area contributed by atoms with Crippen molar-refractivity contribution < 1.29 is 14.3 Å². The lowest BCUT2D eigenvalue weighted by molar-refractivity contribution is -0.192. The fourth-order valence-corrected chi connectivity index (χ4v) is 5.44. The van der Waals surface area contributed by atoms with Gasteiger partial charge in [-0.25, -0.2) is 0 Å². The van der Waals surface area contributed by atoms with Crippen molar-refractivity contribution in [1.29, 1.82) is 0 Å². The van der Waals surface area contributed by atoms with Crippen LogP contribution in [0.2, 0.25) is 10.0 Å². The van der Waals surface area contributed by atoms with Crippen LogP contribution in [0.3, 0.4) is 0 Å². The standard InChI is InChI=1S/C31H26Cl2INO3/c1-37-28-16-4-22(5-17-28)19-35-20-29(23-6-10-25(32)11-7-23)38-31(30(35)36,24-8-12-26(33)13-9-24)18-21-2-14-27(34)15-3-21/h2-17,29H,18-20H2,1H3. The molecule has 2 unspecified atom stereocenters. The maximum absolute atomic E-state index is 14.5. The molecule has 1 aliphatic rings. The van der Waals surface area contributed by atoms with Gasteiger partial charge in [0.15, 0.2) is 5.60 Å². The quantitative estimate of drug-likeness (QED) is 0.190. The van der Waals surface area contributed by atoms with Crippen LogP contribution in [0.1, 0.15) is 28.4 Å². The van der Waals surface area contributed by atoms with Crippen LogP contribution >= 0.6 is 45.8 Å². The number of ether oxygens (including phenoxy) is 2. The second-order valence-electron chi connectivity index (χ2n) is 9.33. The molecule has 0 radical (unpaired) electrons. The first kappa shape index (κ1) is 27.0. The van der Waals surface area contributed by atoms with Crippen LogP contribution in [0, 0.1) is 3.57 Å². The third-order valence-electron chi connectivity index (χ3n) is 6.81. The molecule has 1 amide bonds. The normalized spacial score (nSPS) is 19.4. The number of amides is 1. The Balaban J connectivity index is 1.61. The summed E-state index contributed by atoms with van der Waals surface area (Å²) in [6, 6.07) is 31.0. The zero-order valence-electron chi connectivity index (χ0n) is 20.7. The number of rotatable bonds is 7. The van der Waals surface area contributed by atoms with E-state index in [-0.39, 0.29) is 12.0 Å². The highest BCUT2D eigenvalue weighted by molar-refractivity contribution is 14.1. The SMILES string of the molecule is COc1ccc(CN2CC(c3ccc(Cl)cc3)OC(Cc3ccc(I)cc3)(c3ccc(Cl)cc3)C2=O)cc1. The van der Waals surface area contributed by atoms with Gasteiger partial charge in [-0.2, -0.15) is 0 Å². The second kappa shape index (κ2) is 11.7. The number of nitrogens with zero attached hydrogens (tertiary/aromatic N) is 1. The van der Waals surface area contributed by atoms with Crippen LogP contribution in [-0.2, 0) is 28.1 Å². The van der Waals surface area contributed by atoms with Crippen LogP contribution in [-0.4, -0.2) is 24.5 Å². The molecule has 0 saturated carbocycles. The Morgan fingerprint density at radius 3 is 2.05 bits per heavy atom. The summed E-state index contributed by atoms with van der Waals surface area (Å²) in [5.74, 6) is 0.690. The fraction of sp³-hybridized carbons (Fsp3) is 0.194. The molecule has 0 bridgehead atoms. The molecule has 4 nitrogen and oxygen atoms in total. The molecule has 0 aliphatic carbocycles. The van der Waals surface area contributed by atoms with E-state index in [1.807, 2.05) is 89.8 Å². The lowest BCUT2D eigenvalue weighted by Crippen LogP contribution is -2.56. The van der Waals surface area contributed by atoms with E-state index >= 15 is 0 Å². The monoisotopic (exact) mass is 657 g/mol. The molecule has 1 heterocycles. The van der Waals surface area contributed by atoms with E-state index in [9.17, 15) is 4.79 Å². The Labute approximate surface area is 246 Å². The zero-order valence-corrected chi connectivity index (χ0v) is 24.4. The molecule has 2 atom stereocenters. The van der Waals surface area contributed by atoms with Gasteiger partial charge in [-0.05, 0) is 93.4 Å². The minimum absolute atomic E-state index is 0.0839. The molecular formula is C31H26Cl2INO3. The molecule has 194 valence electrons. The first-order valence-corrected chi connectivity index (χ1v) is 14.1. The Kier molecular flexibility index (Phi) is 8.29. The summed E-state index contributed by atoms with van der Waals surface area (Å²) in [5.41, 5.74) is 2.50. The number of morpholine rings is 1. The summed E-state index contributed by atoms with van der Waals surface area (Å²) in [6.45, 7) is 0.854. The average Bonchev–Trinajstić information content (AvgIpc) is 2.93. The highest BCUT2D eigenvalue weighted by Gasteiger charge is 2.50. The number of hydrogen-bond donors (Lipinski definition) is 0. The summed E-state index contributed by atoms with van der Waals surface area (Å²) in [5, 5.41) is 1.25. The predicted molar refractivity (Wildman–Crippen MR) is 160 cm³/mol. The Bertz CT molecular complexity index is 1390. The van der Waals surface area contributed by atoms with Crippen molar-refractivity contribution in [2.24, 2.45) is 0 Å². The van der Waals surface area contributed by atoms with E-state index in [2.05, 4.69) is 34.7 Å². The van der Waals surface area contributed by atoms with Crippen LogP contribution in [0.5, 0.6) is 5.75 Å². The van der Waals surface area contributed by atoms with Crippen LogP contribution in [0.4, 0.5) is 0 Å². The van der Waals surface area contributed by atoms with Gasteiger partial charge < -0.3 is 14.4 Å². The Hall–Kier alpha value is -2.58. The molecule has 5 rings (SSSR count). The molecule has 1 saturated heterocycles. The van der Waals surface area contributed by atoms with Crippen molar-refractivity contribution >= 4 is 51.7 Å². The lowest BCUT2D eigenvalue weighted by atomic mass is 9.83. The molecular weight excluding hydrogens is 632 g/mol. The molecule has 1 fully saturated rings. The minimum Gasteiger partial charge on any atom is -0.497 e. The number of halogens is 3. The van der Waals surface area contributed by atoms with Gasteiger partial charge in [0.1, 0.15) is 11.9 Å². The fourth-order valence-electron chi connectivity index (χ4n) is 4.83. The largest absolute Gasteiger partial charge is 0.497 e. The molecule has 7 heteroatoms. The number of carbonyl (C=O) groups is 1. The molecule has 1 aliphatic heterocycles. The third kappa shape index (κ3) is 5.86. The molecule has 4 aromatic carbocycles. The van der Waals surface area contributed by atoms with Gasteiger partial charge in [-0.1, -0.05) is 71.7 Å².